The Morgan fingerprint density at radius 3 is 2.70 bits per heavy atom. The number of hydrogen-bond donors (Lipinski definition) is 1. The molecule has 0 spiro atoms. The summed E-state index contributed by atoms with van der Waals surface area (Å²) in [4.78, 5) is 4.73. The number of aryl methyl sites for hydroxylation is 1. The van der Waals surface area contributed by atoms with Crippen LogP contribution >= 0.6 is 23.1 Å². The van der Waals surface area contributed by atoms with E-state index in [4.69, 9.17) is 10.7 Å². The van der Waals surface area contributed by atoms with E-state index in [2.05, 4.69) is 25.1 Å². The van der Waals surface area contributed by atoms with Crippen molar-refractivity contribution in [1.29, 1.82) is 0 Å². The van der Waals surface area contributed by atoms with Gasteiger partial charge in [0.15, 0.2) is 9.84 Å². The predicted molar refractivity (Wildman–Crippen MR) is 113 cm³/mol. The second-order valence-electron chi connectivity index (χ2n) is 7.05. The van der Waals surface area contributed by atoms with Gasteiger partial charge in [-0.05, 0) is 60.6 Å². The number of thiazole rings is 1. The van der Waals surface area contributed by atoms with Crippen molar-refractivity contribution >= 4 is 54.0 Å². The van der Waals surface area contributed by atoms with Gasteiger partial charge in [0, 0.05) is 5.56 Å². The topological polar surface area (TPSA) is 76.1 Å². The van der Waals surface area contributed by atoms with Crippen LogP contribution in [0.2, 0.25) is 0 Å². The highest BCUT2D eigenvalue weighted by Crippen LogP contribution is 2.37. The lowest BCUT2D eigenvalue weighted by atomic mass is 10.1. The molecule has 2 N–H and O–H groups in total. The average Bonchev–Trinajstić information content (AvgIpc) is 3.23. The molecule has 1 aromatic heterocycles. The van der Waals surface area contributed by atoms with Gasteiger partial charge in [0.2, 0.25) is 0 Å². The molecule has 1 fully saturated rings. The van der Waals surface area contributed by atoms with Crippen molar-refractivity contribution in [3.05, 3.63) is 48.0 Å². The van der Waals surface area contributed by atoms with E-state index in [0.29, 0.717) is 5.17 Å². The lowest BCUT2D eigenvalue weighted by Gasteiger charge is -2.11. The Kier molecular flexibility index (Phi) is 3.86. The minimum absolute atomic E-state index is 0.0298. The second-order valence-corrected chi connectivity index (χ2v) is 11.5. The Morgan fingerprint density at radius 2 is 1.93 bits per heavy atom. The predicted octanol–water partition coefficient (Wildman–Crippen LogP) is 3.14. The Bertz CT molecular complexity index is 1200. The van der Waals surface area contributed by atoms with Crippen LogP contribution in [0.5, 0.6) is 0 Å². The summed E-state index contributed by atoms with van der Waals surface area (Å²) in [6.07, 6.45) is 0. The molecule has 0 saturated carbocycles. The first-order valence-corrected chi connectivity index (χ1v) is 12.2. The molecule has 2 aliphatic rings. The van der Waals surface area contributed by atoms with Gasteiger partial charge in [-0.3, -0.25) is 5.73 Å². The third kappa shape index (κ3) is 2.96. The van der Waals surface area contributed by atoms with Crippen LogP contribution in [-0.4, -0.2) is 45.9 Å². The van der Waals surface area contributed by atoms with E-state index in [9.17, 15) is 8.42 Å². The molecule has 8 heteroatoms. The zero-order valence-corrected chi connectivity index (χ0v) is 17.1. The first-order chi connectivity index (χ1) is 12.9. The molecule has 0 bridgehead atoms. The van der Waals surface area contributed by atoms with E-state index < -0.39 is 9.84 Å². The van der Waals surface area contributed by atoms with Gasteiger partial charge in [-0.25, -0.2) is 18.0 Å². The van der Waals surface area contributed by atoms with Crippen LogP contribution in [0.4, 0.5) is 5.69 Å². The lowest BCUT2D eigenvalue weighted by Crippen LogP contribution is -2.29. The van der Waals surface area contributed by atoms with Gasteiger partial charge < -0.3 is 0 Å². The van der Waals surface area contributed by atoms with E-state index in [1.165, 1.54) is 22.0 Å². The highest BCUT2D eigenvalue weighted by molar-refractivity contribution is 8.15. The highest BCUT2D eigenvalue weighted by atomic mass is 32.2. The molecular weight excluding hydrogens is 398 g/mol. The summed E-state index contributed by atoms with van der Waals surface area (Å²) in [6, 6.07) is 14.3. The maximum absolute atomic E-state index is 12.0. The van der Waals surface area contributed by atoms with Crippen molar-refractivity contribution in [2.45, 2.75) is 18.2 Å². The van der Waals surface area contributed by atoms with Gasteiger partial charge in [-0.15, -0.1) is 11.3 Å². The van der Waals surface area contributed by atoms with E-state index >= 15 is 0 Å². The fraction of sp³-hybridized carbons (Fsp3) is 0.263. The molecule has 2 unspecified atom stereocenters. The molecular formula is C19H18N3O2S3+. The summed E-state index contributed by atoms with van der Waals surface area (Å²) in [7, 11) is -2.98. The zero-order chi connectivity index (χ0) is 18.8. The van der Waals surface area contributed by atoms with Crippen LogP contribution in [-0.2, 0) is 9.84 Å². The summed E-state index contributed by atoms with van der Waals surface area (Å²) in [5.74, 6) is 0.382. The molecule has 138 valence electrons. The van der Waals surface area contributed by atoms with Gasteiger partial charge in [-0.2, -0.15) is 0 Å². The summed E-state index contributed by atoms with van der Waals surface area (Å²) < 4.78 is 27.1. The fourth-order valence-electron chi connectivity index (χ4n) is 3.76. The number of benzene rings is 2. The molecule has 3 heterocycles. The van der Waals surface area contributed by atoms with Gasteiger partial charge in [0.1, 0.15) is 16.7 Å². The monoisotopic (exact) mass is 416 g/mol. The van der Waals surface area contributed by atoms with Gasteiger partial charge >= 0.3 is 5.17 Å². The Balaban J connectivity index is 1.49. The molecule has 0 radical (unpaired) electrons. The van der Waals surface area contributed by atoms with Crippen molar-refractivity contribution in [3.63, 3.8) is 0 Å². The van der Waals surface area contributed by atoms with Crippen LogP contribution < -0.4 is 5.73 Å². The third-order valence-electron chi connectivity index (χ3n) is 5.05. The fourth-order valence-corrected chi connectivity index (χ4v) is 8.65. The Hall–Kier alpha value is -1.90. The molecule has 5 rings (SSSR count). The molecule has 2 aromatic carbocycles. The minimum atomic E-state index is -2.98. The average molecular weight is 417 g/mol. The standard InChI is InChI=1S/C19H17N3O2S3/c1-11-2-7-14-16(8-11)25-18(21-14)12-3-5-13(6-4-12)22-15-9-27(23,24)10-17(15)26-19(22)20/h2-8,15,17,20H,9-10H2,1H3/p+1. The number of hydrogen-bond acceptors (Lipinski definition) is 6. The summed E-state index contributed by atoms with van der Waals surface area (Å²) >= 11 is 3.16. The van der Waals surface area contributed by atoms with Crippen molar-refractivity contribution < 1.29 is 13.0 Å². The van der Waals surface area contributed by atoms with Crippen LogP contribution in [0, 0.1) is 6.92 Å². The summed E-state index contributed by atoms with van der Waals surface area (Å²) in [5.41, 5.74) is 10.4. The van der Waals surface area contributed by atoms with Crippen molar-refractivity contribution in [1.82, 2.24) is 4.98 Å². The number of sulfone groups is 1. The van der Waals surface area contributed by atoms with Crippen LogP contribution in [0.15, 0.2) is 42.5 Å². The molecule has 0 amide bonds. The Labute approximate surface area is 165 Å². The maximum Gasteiger partial charge on any atom is 0.310 e. The number of rotatable bonds is 2. The lowest BCUT2D eigenvalue weighted by molar-refractivity contribution is -0.470. The number of aromatic nitrogens is 1. The molecule has 2 atom stereocenters. The van der Waals surface area contributed by atoms with E-state index in [-0.39, 0.29) is 22.8 Å². The largest absolute Gasteiger partial charge is 0.310 e. The minimum Gasteiger partial charge on any atom is -0.281 e. The number of fused-ring (bicyclic) bond motifs is 2. The van der Waals surface area contributed by atoms with Crippen molar-refractivity contribution in [2.75, 3.05) is 11.5 Å². The van der Waals surface area contributed by atoms with E-state index in [0.717, 1.165) is 21.8 Å². The number of amidine groups is 1. The highest BCUT2D eigenvalue weighted by Gasteiger charge is 2.49. The number of nitrogens with two attached hydrogens (primary N) is 1. The molecule has 0 aliphatic carbocycles. The van der Waals surface area contributed by atoms with Gasteiger partial charge in [0.25, 0.3) is 0 Å². The quantitative estimate of drug-likeness (QED) is 0.650. The van der Waals surface area contributed by atoms with Crippen molar-refractivity contribution in [2.24, 2.45) is 5.73 Å². The summed E-state index contributed by atoms with van der Waals surface area (Å²) in [5, 5.41) is 1.70. The van der Waals surface area contributed by atoms with E-state index in [1.807, 2.05) is 28.8 Å². The number of thioether (sulfide) groups is 1. The smallest absolute Gasteiger partial charge is 0.281 e. The van der Waals surface area contributed by atoms with E-state index in [1.54, 1.807) is 11.3 Å². The van der Waals surface area contributed by atoms with Crippen LogP contribution in [0.1, 0.15) is 5.56 Å². The second kappa shape index (κ2) is 6.05. The number of nitrogens with zero attached hydrogens (tertiary/aromatic N) is 2. The molecule has 3 aromatic rings. The SMILES string of the molecule is Cc1ccc2nc(-c3ccc([N+]4=C(N)SC5CS(=O)(=O)CC54)cc3)sc2c1. The zero-order valence-electron chi connectivity index (χ0n) is 14.6. The normalized spacial score (nSPS) is 23.9. The molecule has 2 aliphatic heterocycles. The van der Waals surface area contributed by atoms with Crippen molar-refractivity contribution in [3.8, 4) is 10.6 Å². The molecule has 5 nitrogen and oxygen atoms in total. The van der Waals surface area contributed by atoms with Crippen LogP contribution in [0.3, 0.4) is 0 Å². The molecule has 27 heavy (non-hydrogen) atoms. The van der Waals surface area contributed by atoms with Crippen LogP contribution in [0.25, 0.3) is 20.8 Å². The van der Waals surface area contributed by atoms with Gasteiger partial charge in [-0.1, -0.05) is 6.07 Å². The first kappa shape index (κ1) is 17.2. The first-order valence-electron chi connectivity index (χ1n) is 8.66. The third-order valence-corrected chi connectivity index (χ3v) is 9.27. The Morgan fingerprint density at radius 1 is 1.15 bits per heavy atom. The summed E-state index contributed by atoms with van der Waals surface area (Å²) in [6.45, 7) is 2.08. The maximum atomic E-state index is 12.0. The van der Waals surface area contributed by atoms with Gasteiger partial charge in [0.05, 0.1) is 27.0 Å². The molecule has 1 saturated heterocycles.